The molecule has 156 valence electrons. The zero-order valence-corrected chi connectivity index (χ0v) is 17.7. The Morgan fingerprint density at radius 1 is 1.03 bits per heavy atom. The van der Waals surface area contributed by atoms with Crippen molar-refractivity contribution in [2.75, 3.05) is 6.61 Å². The van der Waals surface area contributed by atoms with Gasteiger partial charge in [-0.1, -0.05) is 66.2 Å². The van der Waals surface area contributed by atoms with E-state index >= 15 is 0 Å². The van der Waals surface area contributed by atoms with Crippen molar-refractivity contribution in [1.29, 1.82) is 0 Å². The van der Waals surface area contributed by atoms with E-state index in [-0.39, 0.29) is 12.5 Å². The van der Waals surface area contributed by atoms with E-state index in [9.17, 15) is 4.79 Å². The molecule has 0 spiro atoms. The third-order valence-electron chi connectivity index (χ3n) is 5.10. The predicted molar refractivity (Wildman–Crippen MR) is 125 cm³/mol. The molecule has 0 aliphatic carbocycles. The van der Waals surface area contributed by atoms with Gasteiger partial charge in [0.1, 0.15) is 5.75 Å². The van der Waals surface area contributed by atoms with Gasteiger partial charge in [0.25, 0.3) is 5.91 Å². The lowest BCUT2D eigenvalue weighted by Crippen LogP contribution is -2.24. The first-order chi connectivity index (χ1) is 15.1. The number of benzene rings is 3. The third kappa shape index (κ3) is 5.01. The van der Waals surface area contributed by atoms with Crippen LogP contribution in [0, 0.1) is 13.8 Å². The van der Waals surface area contributed by atoms with E-state index in [0.717, 1.165) is 34.1 Å². The van der Waals surface area contributed by atoms with Crippen molar-refractivity contribution >= 4 is 23.0 Å². The third-order valence-corrected chi connectivity index (χ3v) is 5.10. The smallest absolute Gasteiger partial charge is 0.277 e. The quantitative estimate of drug-likeness (QED) is 0.350. The summed E-state index contributed by atoms with van der Waals surface area (Å²) in [6.45, 7) is 4.67. The van der Waals surface area contributed by atoms with E-state index in [1.165, 1.54) is 5.56 Å². The first-order valence-corrected chi connectivity index (χ1v) is 10.2. The van der Waals surface area contributed by atoms with Crippen LogP contribution in [0.4, 0.5) is 0 Å². The van der Waals surface area contributed by atoms with E-state index < -0.39 is 0 Å². The Labute approximate surface area is 182 Å². The number of para-hydroxylation sites is 1. The van der Waals surface area contributed by atoms with Crippen molar-refractivity contribution in [2.24, 2.45) is 5.10 Å². The van der Waals surface area contributed by atoms with Crippen LogP contribution in [0.25, 0.3) is 10.9 Å². The maximum absolute atomic E-state index is 12.1. The monoisotopic (exact) mass is 411 g/mol. The predicted octanol–water partition coefficient (Wildman–Crippen LogP) is 4.84. The van der Waals surface area contributed by atoms with Crippen molar-refractivity contribution in [1.82, 2.24) is 9.99 Å². The number of nitrogens with zero attached hydrogens (tertiary/aromatic N) is 2. The number of hydrogen-bond donors (Lipinski definition) is 1. The number of rotatable bonds is 7. The Bertz CT molecular complexity index is 1230. The molecule has 0 atom stereocenters. The molecule has 1 aromatic heterocycles. The number of aryl methyl sites for hydroxylation is 2. The van der Waals surface area contributed by atoms with Crippen LogP contribution in [-0.2, 0) is 11.3 Å². The molecule has 4 aromatic rings. The fourth-order valence-electron chi connectivity index (χ4n) is 3.60. The maximum Gasteiger partial charge on any atom is 0.277 e. The molecule has 1 heterocycles. The van der Waals surface area contributed by atoms with Gasteiger partial charge in [-0.15, -0.1) is 0 Å². The van der Waals surface area contributed by atoms with E-state index in [1.54, 1.807) is 6.21 Å². The van der Waals surface area contributed by atoms with Crippen molar-refractivity contribution in [3.8, 4) is 5.75 Å². The van der Waals surface area contributed by atoms with Gasteiger partial charge in [0, 0.05) is 29.2 Å². The van der Waals surface area contributed by atoms with Gasteiger partial charge in [0.05, 0.1) is 6.21 Å². The van der Waals surface area contributed by atoms with Crippen LogP contribution >= 0.6 is 0 Å². The number of carbonyl (C=O) groups excluding carboxylic acids is 1. The molecule has 0 aliphatic rings. The summed E-state index contributed by atoms with van der Waals surface area (Å²) in [5.74, 6) is 0.401. The van der Waals surface area contributed by atoms with E-state index in [1.807, 2.05) is 62.4 Å². The number of ether oxygens (including phenoxy) is 1. The normalized spacial score (nSPS) is 11.2. The minimum absolute atomic E-state index is 0.0863. The second kappa shape index (κ2) is 9.30. The average Bonchev–Trinajstić information content (AvgIpc) is 3.11. The van der Waals surface area contributed by atoms with Crippen molar-refractivity contribution in [2.45, 2.75) is 20.4 Å². The largest absolute Gasteiger partial charge is 0.483 e. The molecular formula is C26H25N3O2. The SMILES string of the molecule is Cc1ccc(OCC(=O)NN=Cc2cn(Cc3ccccc3)c3ccccc23)c(C)c1. The summed E-state index contributed by atoms with van der Waals surface area (Å²) < 4.78 is 7.80. The molecule has 5 heteroatoms. The molecule has 4 rings (SSSR count). The first-order valence-electron chi connectivity index (χ1n) is 10.2. The van der Waals surface area contributed by atoms with Gasteiger partial charge in [-0.3, -0.25) is 4.79 Å². The molecule has 0 fully saturated rings. The van der Waals surface area contributed by atoms with Gasteiger partial charge in [-0.05, 0) is 37.1 Å². The molecule has 0 unspecified atom stereocenters. The number of fused-ring (bicyclic) bond motifs is 1. The number of hydrazone groups is 1. The lowest BCUT2D eigenvalue weighted by Gasteiger charge is -2.08. The van der Waals surface area contributed by atoms with Crippen LogP contribution in [0.3, 0.4) is 0 Å². The lowest BCUT2D eigenvalue weighted by molar-refractivity contribution is -0.123. The van der Waals surface area contributed by atoms with Crippen LogP contribution in [0.2, 0.25) is 0 Å². The highest BCUT2D eigenvalue weighted by atomic mass is 16.5. The molecule has 5 nitrogen and oxygen atoms in total. The highest BCUT2D eigenvalue weighted by Gasteiger charge is 2.08. The van der Waals surface area contributed by atoms with Gasteiger partial charge >= 0.3 is 0 Å². The number of carbonyl (C=O) groups is 1. The summed E-state index contributed by atoms with van der Waals surface area (Å²) in [5.41, 5.74) is 8.01. The summed E-state index contributed by atoms with van der Waals surface area (Å²) in [4.78, 5) is 12.1. The van der Waals surface area contributed by atoms with Gasteiger partial charge in [0.2, 0.25) is 0 Å². The maximum atomic E-state index is 12.1. The molecular weight excluding hydrogens is 386 g/mol. The minimum Gasteiger partial charge on any atom is -0.483 e. The van der Waals surface area contributed by atoms with Gasteiger partial charge < -0.3 is 9.30 Å². The van der Waals surface area contributed by atoms with Crippen molar-refractivity contribution in [3.05, 3.63) is 101 Å². The van der Waals surface area contributed by atoms with Crippen LogP contribution in [0.15, 0.2) is 84.1 Å². The average molecular weight is 412 g/mol. The highest BCUT2D eigenvalue weighted by Crippen LogP contribution is 2.21. The molecule has 1 amide bonds. The minimum atomic E-state index is -0.302. The van der Waals surface area contributed by atoms with Crippen LogP contribution in [0.5, 0.6) is 5.75 Å². The Kier molecular flexibility index (Phi) is 6.13. The van der Waals surface area contributed by atoms with Crippen LogP contribution < -0.4 is 10.2 Å². The lowest BCUT2D eigenvalue weighted by atomic mass is 10.1. The van der Waals surface area contributed by atoms with Crippen molar-refractivity contribution < 1.29 is 9.53 Å². The Morgan fingerprint density at radius 3 is 2.61 bits per heavy atom. The molecule has 1 N–H and O–H groups in total. The van der Waals surface area contributed by atoms with E-state index in [0.29, 0.717) is 5.75 Å². The molecule has 0 radical (unpaired) electrons. The number of hydrogen-bond acceptors (Lipinski definition) is 3. The van der Waals surface area contributed by atoms with Crippen molar-refractivity contribution in [3.63, 3.8) is 0 Å². The van der Waals surface area contributed by atoms with E-state index in [4.69, 9.17) is 4.74 Å². The molecule has 3 aromatic carbocycles. The summed E-state index contributed by atoms with van der Waals surface area (Å²) in [6, 6.07) is 24.4. The number of aromatic nitrogens is 1. The first kappa shape index (κ1) is 20.4. The second-order valence-corrected chi connectivity index (χ2v) is 7.57. The highest BCUT2D eigenvalue weighted by molar-refractivity contribution is 5.99. The van der Waals surface area contributed by atoms with Gasteiger partial charge in [-0.25, -0.2) is 5.43 Å². The summed E-state index contributed by atoms with van der Waals surface area (Å²) >= 11 is 0. The molecule has 31 heavy (non-hydrogen) atoms. The summed E-state index contributed by atoms with van der Waals surface area (Å²) in [6.07, 6.45) is 3.73. The molecule has 0 aliphatic heterocycles. The second-order valence-electron chi connectivity index (χ2n) is 7.57. The number of amides is 1. The van der Waals surface area contributed by atoms with Crippen LogP contribution in [0.1, 0.15) is 22.3 Å². The Balaban J connectivity index is 1.42. The van der Waals surface area contributed by atoms with Gasteiger partial charge in [0.15, 0.2) is 6.61 Å². The van der Waals surface area contributed by atoms with Gasteiger partial charge in [-0.2, -0.15) is 5.10 Å². The fraction of sp³-hybridized carbons (Fsp3) is 0.154. The number of nitrogens with one attached hydrogen (secondary N) is 1. The molecule has 0 saturated heterocycles. The zero-order valence-electron chi connectivity index (χ0n) is 17.7. The Morgan fingerprint density at radius 2 is 1.81 bits per heavy atom. The van der Waals surface area contributed by atoms with Crippen LogP contribution in [-0.4, -0.2) is 23.3 Å². The standard InChI is InChI=1S/C26H25N3O2/c1-19-12-13-25(20(2)14-19)31-18-26(30)28-27-15-22-17-29(16-21-8-4-3-5-9-21)24-11-7-6-10-23(22)24/h3-15,17H,16,18H2,1-2H3,(H,28,30). The summed E-state index contributed by atoms with van der Waals surface area (Å²) in [7, 11) is 0. The summed E-state index contributed by atoms with van der Waals surface area (Å²) in [5, 5.41) is 5.23. The Hall–Kier alpha value is -3.86. The molecule has 0 bridgehead atoms. The zero-order chi connectivity index (χ0) is 21.6. The topological polar surface area (TPSA) is 55.6 Å². The molecule has 0 saturated carbocycles. The fourth-order valence-corrected chi connectivity index (χ4v) is 3.60. The van der Waals surface area contributed by atoms with E-state index in [2.05, 4.69) is 45.6 Å².